The van der Waals surface area contributed by atoms with Crippen LogP contribution in [0, 0.1) is 11.6 Å². The van der Waals surface area contributed by atoms with Crippen molar-refractivity contribution in [3.63, 3.8) is 0 Å². The molecule has 3 N–H and O–H groups in total. The van der Waals surface area contributed by atoms with E-state index in [-0.39, 0.29) is 0 Å². The van der Waals surface area contributed by atoms with Crippen molar-refractivity contribution in [2.24, 2.45) is 5.73 Å². The highest BCUT2D eigenvalue weighted by Crippen LogP contribution is 2.19. The molecule has 0 amide bonds. The van der Waals surface area contributed by atoms with Crippen molar-refractivity contribution >= 4 is 0 Å². The van der Waals surface area contributed by atoms with Crippen LogP contribution in [-0.4, -0.2) is 13.1 Å². The summed E-state index contributed by atoms with van der Waals surface area (Å²) in [5.74, 6) is -1.18. The van der Waals surface area contributed by atoms with Gasteiger partial charge < -0.3 is 11.1 Å². The lowest BCUT2D eigenvalue weighted by molar-refractivity contribution is 0.437. The zero-order chi connectivity index (χ0) is 12.9. The molecule has 0 spiro atoms. The van der Waals surface area contributed by atoms with Crippen molar-refractivity contribution in [2.75, 3.05) is 13.1 Å². The van der Waals surface area contributed by atoms with Gasteiger partial charge in [-0.25, -0.2) is 8.78 Å². The van der Waals surface area contributed by atoms with Crippen LogP contribution in [0.2, 0.25) is 0 Å². The fourth-order valence-electron chi connectivity index (χ4n) is 1.64. The molecular formula is C13H20F2N2. The van der Waals surface area contributed by atoms with Gasteiger partial charge in [0.05, 0.1) is 5.54 Å². The average molecular weight is 242 g/mol. The summed E-state index contributed by atoms with van der Waals surface area (Å²) in [4.78, 5) is 0. The van der Waals surface area contributed by atoms with Crippen molar-refractivity contribution in [2.45, 2.75) is 32.2 Å². The Hall–Kier alpha value is -1.00. The molecule has 1 unspecified atom stereocenters. The molecule has 0 saturated carbocycles. The zero-order valence-corrected chi connectivity index (χ0v) is 10.4. The lowest BCUT2D eigenvalue weighted by Gasteiger charge is -2.26. The fraction of sp³-hybridized carbons (Fsp3) is 0.538. The SMILES string of the molecule is CCCCNCC(C)(N)c1cc(F)cc(F)c1. The maximum atomic E-state index is 13.1. The van der Waals surface area contributed by atoms with Gasteiger partial charge in [0.1, 0.15) is 11.6 Å². The number of unbranched alkanes of at least 4 members (excludes halogenated alkanes) is 1. The van der Waals surface area contributed by atoms with Crippen LogP contribution >= 0.6 is 0 Å². The molecule has 0 radical (unpaired) electrons. The molecule has 1 rings (SSSR count). The molecule has 96 valence electrons. The first kappa shape index (κ1) is 14.1. The maximum Gasteiger partial charge on any atom is 0.126 e. The highest BCUT2D eigenvalue weighted by molar-refractivity contribution is 5.25. The largest absolute Gasteiger partial charge is 0.321 e. The Morgan fingerprint density at radius 2 is 1.82 bits per heavy atom. The summed E-state index contributed by atoms with van der Waals surface area (Å²) < 4.78 is 26.2. The summed E-state index contributed by atoms with van der Waals surface area (Å²) in [5.41, 5.74) is 5.77. The number of halogens is 2. The Kier molecular flexibility index (Phi) is 5.02. The molecule has 1 atom stereocenters. The molecule has 0 bridgehead atoms. The minimum Gasteiger partial charge on any atom is -0.321 e. The van der Waals surface area contributed by atoms with Crippen molar-refractivity contribution in [3.05, 3.63) is 35.4 Å². The number of hydrogen-bond acceptors (Lipinski definition) is 2. The Morgan fingerprint density at radius 1 is 1.24 bits per heavy atom. The Balaban J connectivity index is 2.67. The highest BCUT2D eigenvalue weighted by Gasteiger charge is 2.22. The van der Waals surface area contributed by atoms with E-state index < -0.39 is 17.2 Å². The summed E-state index contributed by atoms with van der Waals surface area (Å²) in [5, 5.41) is 3.19. The lowest BCUT2D eigenvalue weighted by Crippen LogP contribution is -2.43. The highest BCUT2D eigenvalue weighted by atomic mass is 19.1. The minimum atomic E-state index is -0.767. The summed E-state index contributed by atoms with van der Waals surface area (Å²) >= 11 is 0. The minimum absolute atomic E-state index is 0.471. The molecule has 1 aromatic rings. The summed E-state index contributed by atoms with van der Waals surface area (Å²) in [6, 6.07) is 3.42. The molecule has 2 nitrogen and oxygen atoms in total. The van der Waals surface area contributed by atoms with Gasteiger partial charge in [-0.05, 0) is 37.6 Å². The predicted octanol–water partition coefficient (Wildman–Crippen LogP) is 2.53. The molecule has 0 aromatic heterocycles. The number of nitrogens with two attached hydrogens (primary N) is 1. The van der Waals surface area contributed by atoms with Crippen LogP contribution in [0.15, 0.2) is 18.2 Å². The molecular weight excluding hydrogens is 222 g/mol. The first-order valence-electron chi connectivity index (χ1n) is 5.92. The zero-order valence-electron chi connectivity index (χ0n) is 10.4. The van der Waals surface area contributed by atoms with E-state index in [9.17, 15) is 8.78 Å². The number of hydrogen-bond donors (Lipinski definition) is 2. The van der Waals surface area contributed by atoms with Gasteiger partial charge in [0.25, 0.3) is 0 Å². The summed E-state index contributed by atoms with van der Waals surface area (Å²) in [7, 11) is 0. The summed E-state index contributed by atoms with van der Waals surface area (Å²) in [6.07, 6.45) is 2.16. The quantitative estimate of drug-likeness (QED) is 0.752. The average Bonchev–Trinajstić information content (AvgIpc) is 2.23. The summed E-state index contributed by atoms with van der Waals surface area (Å²) in [6.45, 7) is 5.22. The van der Waals surface area contributed by atoms with Gasteiger partial charge in [0.2, 0.25) is 0 Å². The van der Waals surface area contributed by atoms with E-state index in [1.54, 1.807) is 6.92 Å². The van der Waals surface area contributed by atoms with Crippen molar-refractivity contribution < 1.29 is 8.78 Å². The van der Waals surface area contributed by atoms with Crippen molar-refractivity contribution in [1.29, 1.82) is 0 Å². The maximum absolute atomic E-state index is 13.1. The van der Waals surface area contributed by atoms with Crippen molar-refractivity contribution in [3.8, 4) is 0 Å². The predicted molar refractivity (Wildman–Crippen MR) is 65.7 cm³/mol. The first-order chi connectivity index (χ1) is 7.95. The normalized spacial score (nSPS) is 14.6. The topological polar surface area (TPSA) is 38.0 Å². The third kappa shape index (κ3) is 4.40. The third-order valence-electron chi connectivity index (χ3n) is 2.72. The number of rotatable bonds is 6. The molecule has 0 aliphatic rings. The van der Waals surface area contributed by atoms with Crippen LogP contribution in [0.1, 0.15) is 32.3 Å². The van der Waals surface area contributed by atoms with E-state index >= 15 is 0 Å². The van der Waals surface area contributed by atoms with Crippen LogP contribution in [0.4, 0.5) is 8.78 Å². The molecule has 1 aromatic carbocycles. The van der Waals surface area contributed by atoms with E-state index in [0.717, 1.165) is 25.5 Å². The molecule has 0 aliphatic heterocycles. The van der Waals surface area contributed by atoms with Crippen LogP contribution in [-0.2, 0) is 5.54 Å². The van der Waals surface area contributed by atoms with Crippen LogP contribution in [0.25, 0.3) is 0 Å². The van der Waals surface area contributed by atoms with Crippen LogP contribution in [0.3, 0.4) is 0 Å². The fourth-order valence-corrected chi connectivity index (χ4v) is 1.64. The molecule has 0 fully saturated rings. The van der Waals surface area contributed by atoms with Gasteiger partial charge in [0, 0.05) is 12.6 Å². The lowest BCUT2D eigenvalue weighted by atomic mass is 9.93. The number of nitrogens with one attached hydrogen (secondary N) is 1. The van der Waals surface area contributed by atoms with Gasteiger partial charge in [-0.1, -0.05) is 13.3 Å². The van der Waals surface area contributed by atoms with E-state index in [1.807, 2.05) is 0 Å². The molecule has 17 heavy (non-hydrogen) atoms. The second-order valence-corrected chi connectivity index (χ2v) is 4.61. The molecule has 4 heteroatoms. The first-order valence-corrected chi connectivity index (χ1v) is 5.92. The van der Waals surface area contributed by atoms with Gasteiger partial charge >= 0.3 is 0 Å². The van der Waals surface area contributed by atoms with E-state index in [0.29, 0.717) is 12.1 Å². The smallest absolute Gasteiger partial charge is 0.126 e. The third-order valence-corrected chi connectivity index (χ3v) is 2.72. The number of benzene rings is 1. The van der Waals surface area contributed by atoms with E-state index in [2.05, 4.69) is 12.2 Å². The molecule has 0 saturated heterocycles. The Labute approximate surface area is 101 Å². The van der Waals surface area contributed by atoms with Gasteiger partial charge in [-0.15, -0.1) is 0 Å². The van der Waals surface area contributed by atoms with Gasteiger partial charge in [-0.3, -0.25) is 0 Å². The van der Waals surface area contributed by atoms with Crippen LogP contribution < -0.4 is 11.1 Å². The Bertz CT molecular complexity index is 344. The van der Waals surface area contributed by atoms with Crippen LogP contribution in [0.5, 0.6) is 0 Å². The van der Waals surface area contributed by atoms with Crippen molar-refractivity contribution in [1.82, 2.24) is 5.32 Å². The van der Waals surface area contributed by atoms with E-state index in [4.69, 9.17) is 5.73 Å². The monoisotopic (exact) mass is 242 g/mol. The van der Waals surface area contributed by atoms with Gasteiger partial charge in [0.15, 0.2) is 0 Å². The van der Waals surface area contributed by atoms with E-state index in [1.165, 1.54) is 12.1 Å². The molecule has 0 aliphatic carbocycles. The standard InChI is InChI=1S/C13H20F2N2/c1-3-4-5-17-9-13(2,16)10-6-11(14)8-12(15)7-10/h6-8,17H,3-5,9,16H2,1-2H3. The second-order valence-electron chi connectivity index (χ2n) is 4.61. The van der Waals surface area contributed by atoms with Gasteiger partial charge in [-0.2, -0.15) is 0 Å². The Morgan fingerprint density at radius 3 is 2.35 bits per heavy atom. The molecule has 0 heterocycles. The second kappa shape index (κ2) is 6.07.